The molecule has 0 radical (unpaired) electrons. The van der Waals surface area contributed by atoms with Gasteiger partial charge in [0.05, 0.1) is 23.6 Å². The molecule has 0 spiro atoms. The van der Waals surface area contributed by atoms with E-state index in [-0.39, 0.29) is 4.90 Å². The maximum absolute atomic E-state index is 12.6. The number of anilines is 5. The van der Waals surface area contributed by atoms with Crippen molar-refractivity contribution in [2.24, 2.45) is 0 Å². The van der Waals surface area contributed by atoms with E-state index >= 15 is 0 Å². The zero-order chi connectivity index (χ0) is 24.8. The van der Waals surface area contributed by atoms with E-state index in [1.54, 1.807) is 31.4 Å². The van der Waals surface area contributed by atoms with E-state index in [0.717, 1.165) is 17.1 Å². The van der Waals surface area contributed by atoms with Crippen LogP contribution in [0.2, 0.25) is 0 Å². The molecule has 176 valence electrons. The van der Waals surface area contributed by atoms with Crippen molar-refractivity contribution in [3.05, 3.63) is 90.1 Å². The summed E-state index contributed by atoms with van der Waals surface area (Å²) >= 11 is 0. The molecule has 0 amide bonds. The van der Waals surface area contributed by atoms with Gasteiger partial charge < -0.3 is 15.4 Å². The predicted molar refractivity (Wildman–Crippen MR) is 135 cm³/mol. The van der Waals surface area contributed by atoms with Gasteiger partial charge in [0.1, 0.15) is 11.6 Å². The number of benzene rings is 3. The Morgan fingerprint density at radius 1 is 0.829 bits per heavy atom. The summed E-state index contributed by atoms with van der Waals surface area (Å²) in [7, 11) is -2.16. The molecule has 10 heteroatoms. The normalized spacial score (nSPS) is 10.8. The second-order valence-corrected chi connectivity index (χ2v) is 9.20. The van der Waals surface area contributed by atoms with Crippen molar-refractivity contribution in [3.63, 3.8) is 0 Å². The van der Waals surface area contributed by atoms with Gasteiger partial charge in [-0.1, -0.05) is 0 Å². The Morgan fingerprint density at radius 2 is 1.43 bits per heavy atom. The summed E-state index contributed by atoms with van der Waals surface area (Å²) in [5.74, 6) is 1.78. The minimum Gasteiger partial charge on any atom is -0.497 e. The van der Waals surface area contributed by atoms with Gasteiger partial charge in [0.15, 0.2) is 0 Å². The summed E-state index contributed by atoms with van der Waals surface area (Å²) < 4.78 is 32.9. The molecule has 0 atom stereocenters. The highest BCUT2D eigenvalue weighted by atomic mass is 32.2. The first-order valence-electron chi connectivity index (χ1n) is 10.5. The van der Waals surface area contributed by atoms with E-state index in [4.69, 9.17) is 10.00 Å². The SMILES string of the molecule is COc1ccc(Nc2cc(C)nc(Nc3ccc(NS(=O)(=O)c4ccc(C#N)cc4)cc3)n2)cc1. The highest BCUT2D eigenvalue weighted by Gasteiger charge is 2.14. The van der Waals surface area contributed by atoms with Crippen molar-refractivity contribution < 1.29 is 13.2 Å². The van der Waals surface area contributed by atoms with Crippen LogP contribution in [0, 0.1) is 18.3 Å². The predicted octanol–water partition coefficient (Wildman–Crippen LogP) is 4.95. The Hall–Kier alpha value is -4.62. The fraction of sp³-hybridized carbons (Fsp3) is 0.0800. The zero-order valence-electron chi connectivity index (χ0n) is 19.0. The average molecular weight is 487 g/mol. The molecule has 0 aliphatic carbocycles. The molecule has 0 aliphatic heterocycles. The maximum atomic E-state index is 12.6. The first kappa shape index (κ1) is 23.5. The van der Waals surface area contributed by atoms with Gasteiger partial charge >= 0.3 is 0 Å². The molecular formula is C25H22N6O3S. The summed E-state index contributed by atoms with van der Waals surface area (Å²) in [6.45, 7) is 1.87. The quantitative estimate of drug-likeness (QED) is 0.319. The second kappa shape index (κ2) is 10.1. The van der Waals surface area contributed by atoms with Crippen LogP contribution in [0.4, 0.5) is 28.8 Å². The van der Waals surface area contributed by atoms with E-state index in [2.05, 4.69) is 25.3 Å². The number of nitrogens with one attached hydrogen (secondary N) is 3. The van der Waals surface area contributed by atoms with Crippen molar-refractivity contribution in [1.29, 1.82) is 5.26 Å². The first-order chi connectivity index (χ1) is 16.8. The lowest BCUT2D eigenvalue weighted by Gasteiger charge is -2.12. The molecule has 0 bridgehead atoms. The molecule has 4 aromatic rings. The monoisotopic (exact) mass is 486 g/mol. The Bertz CT molecular complexity index is 1460. The third kappa shape index (κ3) is 6.04. The van der Waals surface area contributed by atoms with Gasteiger partial charge in [0, 0.05) is 28.8 Å². The molecule has 1 heterocycles. The molecular weight excluding hydrogens is 464 g/mol. The molecule has 3 aromatic carbocycles. The van der Waals surface area contributed by atoms with E-state index in [1.165, 1.54) is 24.3 Å². The number of aromatic nitrogens is 2. The molecule has 3 N–H and O–H groups in total. The number of sulfonamides is 1. The third-order valence-electron chi connectivity index (χ3n) is 4.90. The Kier molecular flexibility index (Phi) is 6.80. The highest BCUT2D eigenvalue weighted by molar-refractivity contribution is 7.92. The van der Waals surface area contributed by atoms with Gasteiger partial charge in [-0.15, -0.1) is 0 Å². The largest absolute Gasteiger partial charge is 0.497 e. The standard InChI is InChI=1S/C25H22N6O3S/c1-17-15-24(28-19-9-11-22(34-2)12-10-19)30-25(27-17)29-20-5-7-21(8-6-20)31-35(32,33)23-13-3-18(16-26)4-14-23/h3-15,31H,1-2H3,(H2,27,28,29,30). The number of rotatable bonds is 8. The van der Waals surface area contributed by atoms with E-state index in [9.17, 15) is 8.42 Å². The van der Waals surface area contributed by atoms with Crippen LogP contribution in [-0.2, 0) is 10.0 Å². The fourth-order valence-electron chi connectivity index (χ4n) is 3.18. The van der Waals surface area contributed by atoms with Crippen molar-refractivity contribution in [1.82, 2.24) is 9.97 Å². The maximum Gasteiger partial charge on any atom is 0.261 e. The first-order valence-corrected chi connectivity index (χ1v) is 12.0. The summed E-state index contributed by atoms with van der Waals surface area (Å²) in [6.07, 6.45) is 0. The molecule has 0 saturated carbocycles. The molecule has 9 nitrogen and oxygen atoms in total. The van der Waals surface area contributed by atoms with Crippen molar-refractivity contribution in [3.8, 4) is 11.8 Å². The van der Waals surface area contributed by atoms with Crippen LogP contribution in [0.3, 0.4) is 0 Å². The van der Waals surface area contributed by atoms with Crippen molar-refractivity contribution in [2.45, 2.75) is 11.8 Å². The summed E-state index contributed by atoms with van der Waals surface area (Å²) in [5.41, 5.74) is 3.10. The summed E-state index contributed by atoms with van der Waals surface area (Å²) in [5, 5.41) is 15.2. The number of ether oxygens (including phenoxy) is 1. The topological polar surface area (TPSA) is 129 Å². The van der Waals surface area contributed by atoms with Crippen molar-refractivity contribution >= 4 is 38.9 Å². The number of hydrogen-bond acceptors (Lipinski definition) is 8. The number of nitrogens with zero attached hydrogens (tertiary/aromatic N) is 3. The van der Waals surface area contributed by atoms with Gasteiger partial charge in [-0.2, -0.15) is 10.2 Å². The summed E-state index contributed by atoms with van der Waals surface area (Å²) in [4.78, 5) is 8.99. The van der Waals surface area contributed by atoms with E-state index in [0.29, 0.717) is 28.7 Å². The fourth-order valence-corrected chi connectivity index (χ4v) is 4.24. The average Bonchev–Trinajstić information content (AvgIpc) is 2.85. The molecule has 0 aliphatic rings. The van der Waals surface area contributed by atoms with Gasteiger partial charge in [0.2, 0.25) is 5.95 Å². The minimum atomic E-state index is -3.78. The van der Waals surface area contributed by atoms with Gasteiger partial charge in [-0.3, -0.25) is 4.72 Å². The van der Waals surface area contributed by atoms with Crippen LogP contribution in [-0.4, -0.2) is 25.5 Å². The number of nitriles is 1. The van der Waals surface area contributed by atoms with Crippen LogP contribution < -0.4 is 20.1 Å². The van der Waals surface area contributed by atoms with Crippen LogP contribution in [0.5, 0.6) is 5.75 Å². The third-order valence-corrected chi connectivity index (χ3v) is 6.30. The molecule has 1 aromatic heterocycles. The Balaban J connectivity index is 1.44. The molecule has 0 saturated heterocycles. The van der Waals surface area contributed by atoms with Gasteiger partial charge in [-0.05, 0) is 79.7 Å². The van der Waals surface area contributed by atoms with E-state index < -0.39 is 10.0 Å². The molecule has 35 heavy (non-hydrogen) atoms. The van der Waals surface area contributed by atoms with Crippen LogP contribution in [0.1, 0.15) is 11.3 Å². The lowest BCUT2D eigenvalue weighted by molar-refractivity contribution is 0.415. The minimum absolute atomic E-state index is 0.0729. The smallest absolute Gasteiger partial charge is 0.261 e. The van der Waals surface area contributed by atoms with E-state index in [1.807, 2.05) is 43.3 Å². The number of hydrogen-bond donors (Lipinski definition) is 3. The second-order valence-electron chi connectivity index (χ2n) is 7.52. The highest BCUT2D eigenvalue weighted by Crippen LogP contribution is 2.23. The van der Waals surface area contributed by atoms with Gasteiger partial charge in [-0.25, -0.2) is 13.4 Å². The zero-order valence-corrected chi connectivity index (χ0v) is 19.8. The van der Waals surface area contributed by atoms with Crippen LogP contribution in [0.15, 0.2) is 83.8 Å². The summed E-state index contributed by atoms with van der Waals surface area (Å²) in [6, 6.07) is 23.7. The molecule has 0 fully saturated rings. The van der Waals surface area contributed by atoms with Gasteiger partial charge in [0.25, 0.3) is 10.0 Å². The number of aryl methyl sites for hydroxylation is 1. The lowest BCUT2D eigenvalue weighted by Crippen LogP contribution is -2.12. The van der Waals surface area contributed by atoms with Crippen LogP contribution >= 0.6 is 0 Å². The molecule has 0 unspecified atom stereocenters. The van der Waals surface area contributed by atoms with Crippen molar-refractivity contribution in [2.75, 3.05) is 22.5 Å². The lowest BCUT2D eigenvalue weighted by atomic mass is 10.2. The Morgan fingerprint density at radius 3 is 2.06 bits per heavy atom. The molecule has 4 rings (SSSR count). The number of methoxy groups -OCH3 is 1. The van der Waals surface area contributed by atoms with Crippen LogP contribution in [0.25, 0.3) is 0 Å². The Labute approximate surface area is 203 Å².